The Morgan fingerprint density at radius 3 is 1.43 bits per heavy atom. The van der Waals surface area contributed by atoms with E-state index in [1.165, 1.54) is 154 Å². The Labute approximate surface area is 348 Å². The second-order valence-corrected chi connectivity index (χ2v) is 16.8. The van der Waals surface area contributed by atoms with Crippen molar-refractivity contribution in [3.63, 3.8) is 0 Å². The number of carbonyl (C=O) groups is 2. The summed E-state index contributed by atoms with van der Waals surface area (Å²) in [5.41, 5.74) is 0. The molecule has 0 heterocycles. The summed E-state index contributed by atoms with van der Waals surface area (Å²) < 4.78 is 5.44. The smallest absolute Gasteiger partial charge is 0.305 e. The van der Waals surface area contributed by atoms with Crippen LogP contribution in [0.2, 0.25) is 0 Å². The minimum Gasteiger partial charge on any atom is -0.466 e. The third-order valence-corrected chi connectivity index (χ3v) is 11.2. The monoisotopic (exact) mass is 790 g/mol. The van der Waals surface area contributed by atoms with E-state index in [4.69, 9.17) is 4.74 Å². The Balaban J connectivity index is 3.48. The van der Waals surface area contributed by atoms with E-state index in [0.29, 0.717) is 25.9 Å². The highest BCUT2D eigenvalue weighted by atomic mass is 16.5. The largest absolute Gasteiger partial charge is 0.466 e. The maximum absolute atomic E-state index is 12.4. The minimum atomic E-state index is -0.674. The Morgan fingerprint density at radius 1 is 0.500 bits per heavy atom. The highest BCUT2D eigenvalue weighted by Gasteiger charge is 2.20. The molecule has 0 saturated heterocycles. The lowest BCUT2D eigenvalue weighted by molar-refractivity contribution is -0.143. The van der Waals surface area contributed by atoms with Crippen LogP contribution in [-0.2, 0) is 14.3 Å². The SMILES string of the molecule is CCC/C=C\C/C=C\CCCCCCCC(=O)OCCCCCCCCCCCCCCC(=O)NC(CO)C(O)CCCCCCCCCCCCCCCC. The molecule has 2 atom stereocenters. The lowest BCUT2D eigenvalue weighted by Crippen LogP contribution is -2.45. The van der Waals surface area contributed by atoms with Gasteiger partial charge in [-0.3, -0.25) is 9.59 Å². The molecule has 0 bridgehead atoms. The van der Waals surface area contributed by atoms with E-state index in [0.717, 1.165) is 70.6 Å². The molecule has 2 unspecified atom stereocenters. The number of amides is 1. The topological polar surface area (TPSA) is 95.9 Å². The van der Waals surface area contributed by atoms with Crippen LogP contribution in [-0.4, -0.2) is 47.4 Å². The van der Waals surface area contributed by atoms with Gasteiger partial charge in [-0.1, -0.05) is 218 Å². The number of nitrogens with one attached hydrogen (secondary N) is 1. The second kappa shape index (κ2) is 46.0. The summed E-state index contributed by atoms with van der Waals surface area (Å²) in [6.45, 7) is 4.84. The average Bonchev–Trinajstić information content (AvgIpc) is 3.20. The normalized spacial score (nSPS) is 12.9. The van der Waals surface area contributed by atoms with Crippen LogP contribution in [0.25, 0.3) is 0 Å². The summed E-state index contributed by atoms with van der Waals surface area (Å²) >= 11 is 0. The van der Waals surface area contributed by atoms with Gasteiger partial charge in [0.2, 0.25) is 5.91 Å². The Kier molecular flexibility index (Phi) is 44.7. The van der Waals surface area contributed by atoms with Crippen molar-refractivity contribution >= 4 is 11.9 Å². The predicted octanol–water partition coefficient (Wildman–Crippen LogP) is 14.3. The van der Waals surface area contributed by atoms with Crippen molar-refractivity contribution in [2.45, 2.75) is 270 Å². The maximum atomic E-state index is 12.4. The van der Waals surface area contributed by atoms with Crippen LogP contribution in [0.1, 0.15) is 258 Å². The molecule has 0 aromatic rings. The molecule has 56 heavy (non-hydrogen) atoms. The number of esters is 1. The first kappa shape index (κ1) is 54.3. The van der Waals surface area contributed by atoms with E-state index in [-0.39, 0.29) is 18.5 Å². The summed E-state index contributed by atoms with van der Waals surface area (Å²) in [6, 6.07) is -0.553. The zero-order valence-corrected chi connectivity index (χ0v) is 37.4. The number of hydrogen-bond acceptors (Lipinski definition) is 5. The van der Waals surface area contributed by atoms with E-state index < -0.39 is 12.1 Å². The van der Waals surface area contributed by atoms with Gasteiger partial charge in [-0.15, -0.1) is 0 Å². The lowest BCUT2D eigenvalue weighted by Gasteiger charge is -2.22. The average molecular weight is 790 g/mol. The van der Waals surface area contributed by atoms with E-state index in [1.807, 2.05) is 0 Å². The van der Waals surface area contributed by atoms with E-state index >= 15 is 0 Å². The Morgan fingerprint density at radius 2 is 0.929 bits per heavy atom. The number of hydrogen-bond donors (Lipinski definition) is 3. The molecular formula is C50H95NO5. The number of aliphatic hydroxyl groups is 2. The fourth-order valence-electron chi connectivity index (χ4n) is 7.44. The minimum absolute atomic E-state index is 0.0248. The molecule has 0 aliphatic heterocycles. The third-order valence-electron chi connectivity index (χ3n) is 11.2. The quantitative estimate of drug-likeness (QED) is 0.0324. The van der Waals surface area contributed by atoms with E-state index in [2.05, 4.69) is 43.5 Å². The zero-order chi connectivity index (χ0) is 40.8. The molecule has 0 fully saturated rings. The molecule has 6 nitrogen and oxygen atoms in total. The van der Waals surface area contributed by atoms with Gasteiger partial charge in [-0.25, -0.2) is 0 Å². The number of rotatable bonds is 45. The number of allylic oxidation sites excluding steroid dienone is 4. The van der Waals surface area contributed by atoms with Crippen LogP contribution in [0.5, 0.6) is 0 Å². The molecule has 0 spiro atoms. The molecule has 3 N–H and O–H groups in total. The Bertz CT molecular complexity index is 874. The van der Waals surface area contributed by atoms with Gasteiger partial charge in [0.1, 0.15) is 0 Å². The van der Waals surface area contributed by atoms with Crippen molar-refractivity contribution in [3.05, 3.63) is 24.3 Å². The molecule has 6 heteroatoms. The molecule has 0 aliphatic rings. The predicted molar refractivity (Wildman–Crippen MR) is 241 cm³/mol. The number of ether oxygens (including phenoxy) is 1. The summed E-state index contributed by atoms with van der Waals surface area (Å²) in [6.07, 6.45) is 52.7. The van der Waals surface area contributed by atoms with Gasteiger partial charge in [0.25, 0.3) is 0 Å². The van der Waals surface area contributed by atoms with Crippen LogP contribution < -0.4 is 5.32 Å². The van der Waals surface area contributed by atoms with Crippen molar-refractivity contribution in [3.8, 4) is 0 Å². The molecule has 0 aromatic heterocycles. The first-order chi connectivity index (χ1) is 27.5. The zero-order valence-electron chi connectivity index (χ0n) is 37.4. The maximum Gasteiger partial charge on any atom is 0.305 e. The van der Waals surface area contributed by atoms with Crippen molar-refractivity contribution in [1.29, 1.82) is 0 Å². The molecule has 0 rings (SSSR count). The van der Waals surface area contributed by atoms with Gasteiger partial charge >= 0.3 is 5.97 Å². The molecule has 0 aliphatic carbocycles. The molecule has 0 aromatic carbocycles. The Hall–Kier alpha value is -1.66. The van der Waals surface area contributed by atoms with E-state index in [9.17, 15) is 19.8 Å². The molecule has 1 amide bonds. The van der Waals surface area contributed by atoms with E-state index in [1.54, 1.807) is 0 Å². The summed E-state index contributed by atoms with van der Waals surface area (Å²) in [7, 11) is 0. The van der Waals surface area contributed by atoms with Crippen molar-refractivity contribution in [2.75, 3.05) is 13.2 Å². The summed E-state index contributed by atoms with van der Waals surface area (Å²) in [5, 5.41) is 23.2. The third kappa shape index (κ3) is 42.0. The molecule has 330 valence electrons. The second-order valence-electron chi connectivity index (χ2n) is 16.8. The first-order valence-corrected chi connectivity index (χ1v) is 24.6. The molecule has 0 saturated carbocycles. The van der Waals surface area contributed by atoms with Crippen molar-refractivity contribution in [1.82, 2.24) is 5.32 Å². The van der Waals surface area contributed by atoms with Crippen LogP contribution in [0.15, 0.2) is 24.3 Å². The van der Waals surface area contributed by atoms with Gasteiger partial charge in [-0.05, 0) is 51.4 Å². The number of unbranched alkanes of at least 4 members (excludes halogenated alkanes) is 30. The molecular weight excluding hydrogens is 695 g/mol. The van der Waals surface area contributed by atoms with Crippen LogP contribution in [0, 0.1) is 0 Å². The lowest BCUT2D eigenvalue weighted by atomic mass is 10.0. The fraction of sp³-hybridized carbons (Fsp3) is 0.880. The van der Waals surface area contributed by atoms with Gasteiger partial charge in [0.05, 0.1) is 25.4 Å². The summed E-state index contributed by atoms with van der Waals surface area (Å²) in [4.78, 5) is 24.4. The van der Waals surface area contributed by atoms with Crippen LogP contribution in [0.4, 0.5) is 0 Å². The standard InChI is InChI=1S/C50H95NO5/c1-3-5-7-9-11-13-15-17-19-22-26-30-34-38-42-48(53)47(46-52)51-49(54)43-39-35-31-27-23-20-21-25-29-33-37-41-45-56-50(55)44-40-36-32-28-24-18-16-14-12-10-8-6-4-2/h8,10,14,16,47-48,52-53H,3-7,9,11-13,15,17-46H2,1-2H3,(H,51,54)/b10-8-,16-14-. The van der Waals surface area contributed by atoms with Gasteiger partial charge in [-0.2, -0.15) is 0 Å². The van der Waals surface area contributed by atoms with Crippen molar-refractivity contribution in [2.24, 2.45) is 0 Å². The van der Waals surface area contributed by atoms with Crippen LogP contribution >= 0.6 is 0 Å². The highest BCUT2D eigenvalue weighted by Crippen LogP contribution is 2.16. The van der Waals surface area contributed by atoms with Gasteiger partial charge in [0.15, 0.2) is 0 Å². The van der Waals surface area contributed by atoms with Crippen molar-refractivity contribution < 1.29 is 24.5 Å². The fourth-order valence-corrected chi connectivity index (χ4v) is 7.44. The van der Waals surface area contributed by atoms with Gasteiger partial charge in [0, 0.05) is 12.8 Å². The number of carbonyl (C=O) groups excluding carboxylic acids is 2. The van der Waals surface area contributed by atoms with Gasteiger partial charge < -0.3 is 20.3 Å². The number of aliphatic hydroxyl groups excluding tert-OH is 2. The molecule has 0 radical (unpaired) electrons. The highest BCUT2D eigenvalue weighted by molar-refractivity contribution is 5.76. The first-order valence-electron chi connectivity index (χ1n) is 24.6. The van der Waals surface area contributed by atoms with Crippen LogP contribution in [0.3, 0.4) is 0 Å². The summed E-state index contributed by atoms with van der Waals surface area (Å²) in [5.74, 6) is -0.0764.